The molecule has 0 bridgehead atoms. The number of pyridine rings is 1. The van der Waals surface area contributed by atoms with Crippen molar-refractivity contribution in [2.45, 2.75) is 0 Å². The first kappa shape index (κ1) is 18.5. The highest BCUT2D eigenvalue weighted by Crippen LogP contribution is 2.17. The Bertz CT molecular complexity index is 1040. The molecule has 10 heteroatoms. The second-order valence-electron chi connectivity index (χ2n) is 6.58. The van der Waals surface area contributed by atoms with Gasteiger partial charge in [0.25, 0.3) is 11.5 Å². The van der Waals surface area contributed by atoms with Gasteiger partial charge in [0.1, 0.15) is 11.5 Å². The summed E-state index contributed by atoms with van der Waals surface area (Å²) in [5.41, 5.74) is 0.0243. The van der Waals surface area contributed by atoms with E-state index >= 15 is 0 Å². The molecule has 0 radical (unpaired) electrons. The Kier molecular flexibility index (Phi) is 5.14. The molecule has 1 aliphatic heterocycles. The standard InChI is InChI=1S/C19H20N8O2/c1-25-18(28)8-5-14(24-25)19(29)27-12-10-26(11-13-27)17-7-6-16(22-23-17)21-15-4-2-3-9-20-15/h2-9H,10-13H2,1H3,(H,20,21,22). The lowest BCUT2D eigenvalue weighted by Crippen LogP contribution is -2.49. The number of amides is 1. The summed E-state index contributed by atoms with van der Waals surface area (Å²) in [5, 5.41) is 15.6. The summed E-state index contributed by atoms with van der Waals surface area (Å²) in [6.45, 7) is 2.36. The van der Waals surface area contributed by atoms with Gasteiger partial charge < -0.3 is 15.1 Å². The van der Waals surface area contributed by atoms with Crippen LogP contribution < -0.4 is 15.8 Å². The van der Waals surface area contributed by atoms with Gasteiger partial charge in [-0.25, -0.2) is 9.67 Å². The van der Waals surface area contributed by atoms with Gasteiger partial charge in [-0.3, -0.25) is 9.59 Å². The lowest BCUT2D eigenvalue weighted by atomic mass is 10.2. The van der Waals surface area contributed by atoms with E-state index in [9.17, 15) is 9.59 Å². The number of nitrogens with one attached hydrogen (secondary N) is 1. The summed E-state index contributed by atoms with van der Waals surface area (Å²) in [7, 11) is 1.53. The first-order valence-corrected chi connectivity index (χ1v) is 9.20. The molecule has 0 atom stereocenters. The second kappa shape index (κ2) is 8.05. The maximum Gasteiger partial charge on any atom is 0.274 e. The first-order valence-electron chi connectivity index (χ1n) is 9.20. The summed E-state index contributed by atoms with van der Waals surface area (Å²) in [5.74, 6) is 1.89. The van der Waals surface area contributed by atoms with Crippen molar-refractivity contribution in [3.8, 4) is 0 Å². The summed E-state index contributed by atoms with van der Waals surface area (Å²) in [6, 6.07) is 12.2. The van der Waals surface area contributed by atoms with Gasteiger partial charge in [0.2, 0.25) is 0 Å². The Balaban J connectivity index is 1.36. The third-order valence-corrected chi connectivity index (χ3v) is 4.64. The van der Waals surface area contributed by atoms with Crippen LogP contribution in [0.15, 0.2) is 53.5 Å². The van der Waals surface area contributed by atoms with Crippen LogP contribution in [0.1, 0.15) is 10.5 Å². The summed E-state index contributed by atoms with van der Waals surface area (Å²) >= 11 is 0. The zero-order chi connectivity index (χ0) is 20.2. The van der Waals surface area contributed by atoms with Crippen molar-refractivity contribution in [2.75, 3.05) is 36.4 Å². The third kappa shape index (κ3) is 4.21. The van der Waals surface area contributed by atoms with Crippen LogP contribution in [0.5, 0.6) is 0 Å². The first-order chi connectivity index (χ1) is 14.1. The van der Waals surface area contributed by atoms with Crippen LogP contribution in [0.25, 0.3) is 0 Å². The molecule has 1 N–H and O–H groups in total. The predicted octanol–water partition coefficient (Wildman–Crippen LogP) is 0.671. The number of piperazine rings is 1. The van der Waals surface area contributed by atoms with Gasteiger partial charge in [-0.2, -0.15) is 5.10 Å². The van der Waals surface area contributed by atoms with Gasteiger partial charge in [-0.05, 0) is 30.3 Å². The molecular formula is C19H20N8O2. The number of carbonyl (C=O) groups excluding carboxylic acids is 1. The number of anilines is 3. The minimum absolute atomic E-state index is 0.179. The molecule has 0 spiro atoms. The molecule has 1 amide bonds. The Morgan fingerprint density at radius 2 is 1.79 bits per heavy atom. The largest absolute Gasteiger partial charge is 0.352 e. The molecule has 0 aromatic carbocycles. The maximum atomic E-state index is 12.6. The SMILES string of the molecule is Cn1nc(C(=O)N2CCN(c3ccc(Nc4ccccn4)nn3)CC2)ccc1=O. The van der Waals surface area contributed by atoms with E-state index in [1.165, 1.54) is 23.9 Å². The minimum Gasteiger partial charge on any atom is -0.352 e. The summed E-state index contributed by atoms with van der Waals surface area (Å²) in [4.78, 5) is 32.1. The maximum absolute atomic E-state index is 12.6. The van der Waals surface area contributed by atoms with Gasteiger partial charge in [-0.1, -0.05) is 6.07 Å². The molecule has 3 aromatic heterocycles. The molecule has 4 rings (SSSR count). The van der Waals surface area contributed by atoms with Gasteiger partial charge in [0.15, 0.2) is 11.6 Å². The number of carbonyl (C=O) groups is 1. The van der Waals surface area contributed by atoms with Crippen molar-refractivity contribution in [1.82, 2.24) is 29.9 Å². The zero-order valence-corrected chi connectivity index (χ0v) is 15.9. The van der Waals surface area contributed by atoms with Crippen LogP contribution in [0.3, 0.4) is 0 Å². The van der Waals surface area contributed by atoms with Gasteiger partial charge in [0, 0.05) is 45.5 Å². The number of hydrogen-bond donors (Lipinski definition) is 1. The average Bonchev–Trinajstić information content (AvgIpc) is 2.77. The Morgan fingerprint density at radius 3 is 2.45 bits per heavy atom. The van der Waals surface area contributed by atoms with Gasteiger partial charge in [0.05, 0.1) is 0 Å². The topological polar surface area (TPSA) is 109 Å². The molecular weight excluding hydrogens is 372 g/mol. The quantitative estimate of drug-likeness (QED) is 0.690. The predicted molar refractivity (Wildman–Crippen MR) is 107 cm³/mol. The van der Waals surface area contributed by atoms with Crippen molar-refractivity contribution in [1.29, 1.82) is 0 Å². The van der Waals surface area contributed by atoms with E-state index < -0.39 is 0 Å². The molecule has 10 nitrogen and oxygen atoms in total. The van der Waals surface area contributed by atoms with Crippen molar-refractivity contribution in [3.05, 3.63) is 64.7 Å². The van der Waals surface area contributed by atoms with Crippen LogP contribution in [0.2, 0.25) is 0 Å². The molecule has 0 unspecified atom stereocenters. The van der Waals surface area contributed by atoms with Gasteiger partial charge in [-0.15, -0.1) is 10.2 Å². The fraction of sp³-hybridized carbons (Fsp3) is 0.263. The lowest BCUT2D eigenvalue weighted by molar-refractivity contribution is 0.0738. The second-order valence-corrected chi connectivity index (χ2v) is 6.58. The number of aromatic nitrogens is 5. The number of hydrogen-bond acceptors (Lipinski definition) is 8. The molecule has 29 heavy (non-hydrogen) atoms. The van der Waals surface area contributed by atoms with E-state index in [0.717, 1.165) is 5.82 Å². The highest BCUT2D eigenvalue weighted by Gasteiger charge is 2.24. The van der Waals surface area contributed by atoms with Crippen LogP contribution in [0.4, 0.5) is 17.5 Å². The van der Waals surface area contributed by atoms with Crippen LogP contribution in [0, 0.1) is 0 Å². The van der Waals surface area contributed by atoms with E-state index in [1.807, 2.05) is 30.3 Å². The fourth-order valence-corrected chi connectivity index (χ4v) is 3.05. The van der Waals surface area contributed by atoms with Crippen LogP contribution in [-0.4, -0.2) is 61.9 Å². The fourth-order valence-electron chi connectivity index (χ4n) is 3.05. The van der Waals surface area contributed by atoms with Crippen LogP contribution in [-0.2, 0) is 7.05 Å². The number of nitrogens with zero attached hydrogens (tertiary/aromatic N) is 7. The van der Waals surface area contributed by atoms with Crippen molar-refractivity contribution < 1.29 is 4.79 Å². The van der Waals surface area contributed by atoms with Gasteiger partial charge >= 0.3 is 0 Å². The Hall–Kier alpha value is -3.82. The lowest BCUT2D eigenvalue weighted by Gasteiger charge is -2.35. The van der Waals surface area contributed by atoms with Crippen molar-refractivity contribution in [3.63, 3.8) is 0 Å². The molecule has 1 fully saturated rings. The third-order valence-electron chi connectivity index (χ3n) is 4.64. The molecule has 3 aromatic rings. The van der Waals surface area contributed by atoms with Crippen molar-refractivity contribution in [2.24, 2.45) is 7.05 Å². The molecule has 1 saturated heterocycles. The highest BCUT2D eigenvalue weighted by molar-refractivity contribution is 5.92. The zero-order valence-electron chi connectivity index (χ0n) is 15.9. The normalized spacial score (nSPS) is 14.0. The van der Waals surface area contributed by atoms with E-state index in [0.29, 0.717) is 37.8 Å². The monoisotopic (exact) mass is 392 g/mol. The van der Waals surface area contributed by atoms with E-state index in [1.54, 1.807) is 11.1 Å². The summed E-state index contributed by atoms with van der Waals surface area (Å²) < 4.78 is 1.17. The molecule has 1 aliphatic rings. The summed E-state index contributed by atoms with van der Waals surface area (Å²) in [6.07, 6.45) is 1.70. The smallest absolute Gasteiger partial charge is 0.274 e. The van der Waals surface area contributed by atoms with Crippen molar-refractivity contribution >= 4 is 23.4 Å². The number of aryl methyl sites for hydroxylation is 1. The molecule has 0 saturated carbocycles. The van der Waals surface area contributed by atoms with E-state index in [-0.39, 0.29) is 17.2 Å². The molecule has 4 heterocycles. The molecule has 148 valence electrons. The minimum atomic E-state index is -0.245. The Morgan fingerprint density at radius 1 is 0.966 bits per heavy atom. The van der Waals surface area contributed by atoms with Crippen LogP contribution >= 0.6 is 0 Å². The highest BCUT2D eigenvalue weighted by atomic mass is 16.2. The average molecular weight is 392 g/mol. The number of rotatable bonds is 4. The molecule has 0 aliphatic carbocycles. The Labute approximate surface area is 166 Å². The van der Waals surface area contributed by atoms with E-state index in [4.69, 9.17) is 0 Å². The van der Waals surface area contributed by atoms with E-state index in [2.05, 4.69) is 30.5 Å².